The van der Waals surface area contributed by atoms with Crippen molar-refractivity contribution in [3.8, 4) is 0 Å². The van der Waals surface area contributed by atoms with Crippen LogP contribution in [0.4, 0.5) is 5.69 Å². The minimum atomic E-state index is -0.480. The SMILES string of the molecule is CCCCCCc1ccc(Nn2ccc(=O)[nH]c2=O)cc1. The molecule has 1 aromatic heterocycles. The normalized spacial score (nSPS) is 10.5. The van der Waals surface area contributed by atoms with Crippen LogP contribution in [0.2, 0.25) is 0 Å². The molecule has 1 heterocycles. The molecule has 21 heavy (non-hydrogen) atoms. The number of nitrogens with one attached hydrogen (secondary N) is 2. The second-order valence-corrected chi connectivity index (χ2v) is 5.10. The minimum absolute atomic E-state index is 0.402. The summed E-state index contributed by atoms with van der Waals surface area (Å²) in [4.78, 5) is 24.7. The average molecular weight is 287 g/mol. The van der Waals surface area contributed by atoms with Gasteiger partial charge in [0, 0.05) is 12.3 Å². The zero-order chi connectivity index (χ0) is 15.1. The van der Waals surface area contributed by atoms with E-state index < -0.39 is 11.2 Å². The molecular weight excluding hydrogens is 266 g/mol. The second-order valence-electron chi connectivity index (χ2n) is 5.10. The summed E-state index contributed by atoms with van der Waals surface area (Å²) in [6.45, 7) is 2.21. The van der Waals surface area contributed by atoms with E-state index in [1.54, 1.807) is 0 Å². The van der Waals surface area contributed by atoms with Gasteiger partial charge in [0.25, 0.3) is 5.56 Å². The highest BCUT2D eigenvalue weighted by atomic mass is 16.2. The fourth-order valence-electron chi connectivity index (χ4n) is 2.15. The molecule has 0 fully saturated rings. The molecule has 0 unspecified atom stereocenters. The van der Waals surface area contributed by atoms with Gasteiger partial charge in [0.1, 0.15) is 0 Å². The van der Waals surface area contributed by atoms with Gasteiger partial charge in [-0.05, 0) is 30.5 Å². The van der Waals surface area contributed by atoms with E-state index in [0.717, 1.165) is 12.1 Å². The van der Waals surface area contributed by atoms with Gasteiger partial charge in [-0.2, -0.15) is 0 Å². The quantitative estimate of drug-likeness (QED) is 0.769. The molecule has 0 radical (unpaired) electrons. The van der Waals surface area contributed by atoms with Crippen molar-refractivity contribution in [3.05, 3.63) is 62.9 Å². The zero-order valence-corrected chi connectivity index (χ0v) is 12.3. The third kappa shape index (κ3) is 4.63. The molecule has 5 heteroatoms. The fraction of sp³-hybridized carbons (Fsp3) is 0.375. The predicted molar refractivity (Wildman–Crippen MR) is 84.6 cm³/mol. The first kappa shape index (κ1) is 15.1. The number of H-pyrrole nitrogens is 1. The number of anilines is 1. The number of aromatic amines is 1. The van der Waals surface area contributed by atoms with Crippen molar-refractivity contribution in [3.63, 3.8) is 0 Å². The lowest BCUT2D eigenvalue weighted by Crippen LogP contribution is -2.32. The molecule has 0 amide bonds. The van der Waals surface area contributed by atoms with Crippen LogP contribution < -0.4 is 16.7 Å². The number of benzene rings is 1. The van der Waals surface area contributed by atoms with Gasteiger partial charge in [0.2, 0.25) is 0 Å². The van der Waals surface area contributed by atoms with Crippen LogP contribution in [0.25, 0.3) is 0 Å². The number of hydrogen-bond donors (Lipinski definition) is 2. The van der Waals surface area contributed by atoms with Crippen LogP contribution in [0.3, 0.4) is 0 Å². The first-order valence-corrected chi connectivity index (χ1v) is 7.37. The first-order valence-electron chi connectivity index (χ1n) is 7.37. The van der Waals surface area contributed by atoms with Crippen LogP contribution in [0.1, 0.15) is 38.2 Å². The van der Waals surface area contributed by atoms with Crippen LogP contribution in [-0.2, 0) is 6.42 Å². The maximum Gasteiger partial charge on any atom is 0.347 e. The van der Waals surface area contributed by atoms with Crippen LogP contribution in [0.5, 0.6) is 0 Å². The predicted octanol–water partition coefficient (Wildman–Crippen LogP) is 2.53. The van der Waals surface area contributed by atoms with Crippen LogP contribution in [0, 0.1) is 0 Å². The summed E-state index contributed by atoms with van der Waals surface area (Å²) < 4.78 is 1.25. The lowest BCUT2D eigenvalue weighted by atomic mass is 10.1. The van der Waals surface area contributed by atoms with Gasteiger partial charge in [-0.25, -0.2) is 9.47 Å². The topological polar surface area (TPSA) is 66.9 Å². The summed E-state index contributed by atoms with van der Waals surface area (Å²) in [5, 5.41) is 0. The Morgan fingerprint density at radius 1 is 1.05 bits per heavy atom. The smallest absolute Gasteiger partial charge is 0.290 e. The third-order valence-electron chi connectivity index (χ3n) is 3.35. The van der Waals surface area contributed by atoms with Crippen molar-refractivity contribution in [1.82, 2.24) is 9.66 Å². The number of aryl methyl sites for hydroxylation is 1. The maximum absolute atomic E-state index is 11.6. The van der Waals surface area contributed by atoms with Crippen molar-refractivity contribution in [2.75, 3.05) is 5.43 Å². The molecule has 5 nitrogen and oxygen atoms in total. The highest BCUT2D eigenvalue weighted by molar-refractivity contribution is 5.44. The molecule has 0 aliphatic rings. The van der Waals surface area contributed by atoms with E-state index in [-0.39, 0.29) is 0 Å². The summed E-state index contributed by atoms with van der Waals surface area (Å²) in [6.07, 6.45) is 7.51. The molecule has 2 N–H and O–H groups in total. The monoisotopic (exact) mass is 287 g/mol. The number of unbranched alkanes of at least 4 members (excludes halogenated alkanes) is 3. The van der Waals surface area contributed by atoms with E-state index in [0.29, 0.717) is 0 Å². The Bertz CT molecular complexity index is 671. The molecule has 2 rings (SSSR count). The summed E-state index contributed by atoms with van der Waals surface area (Å²) in [5.74, 6) is 0. The van der Waals surface area contributed by atoms with Gasteiger partial charge in [-0.15, -0.1) is 0 Å². The Morgan fingerprint density at radius 3 is 2.48 bits per heavy atom. The Morgan fingerprint density at radius 2 is 1.81 bits per heavy atom. The largest absolute Gasteiger partial charge is 0.347 e. The molecule has 112 valence electrons. The molecule has 0 saturated carbocycles. The Labute approximate surface area is 123 Å². The van der Waals surface area contributed by atoms with Gasteiger partial charge in [-0.3, -0.25) is 15.2 Å². The molecule has 0 saturated heterocycles. The highest BCUT2D eigenvalue weighted by Crippen LogP contribution is 2.12. The number of aromatic nitrogens is 2. The van der Waals surface area contributed by atoms with E-state index in [2.05, 4.69) is 29.5 Å². The van der Waals surface area contributed by atoms with Crippen LogP contribution >= 0.6 is 0 Å². The number of nitrogens with zero attached hydrogens (tertiary/aromatic N) is 1. The molecule has 0 spiro atoms. The van der Waals surface area contributed by atoms with E-state index >= 15 is 0 Å². The molecular formula is C16H21N3O2. The molecule has 1 aromatic carbocycles. The first-order chi connectivity index (χ1) is 10.2. The van der Waals surface area contributed by atoms with E-state index in [4.69, 9.17) is 0 Å². The van der Waals surface area contributed by atoms with Crippen LogP contribution in [-0.4, -0.2) is 9.66 Å². The Kier molecular flexibility index (Phi) is 5.37. The van der Waals surface area contributed by atoms with E-state index in [9.17, 15) is 9.59 Å². The van der Waals surface area contributed by atoms with Gasteiger partial charge in [-0.1, -0.05) is 38.3 Å². The maximum atomic E-state index is 11.6. The lowest BCUT2D eigenvalue weighted by Gasteiger charge is -2.09. The van der Waals surface area contributed by atoms with E-state index in [1.165, 1.54) is 48.2 Å². The van der Waals surface area contributed by atoms with Crippen molar-refractivity contribution >= 4 is 5.69 Å². The van der Waals surface area contributed by atoms with Crippen molar-refractivity contribution in [2.24, 2.45) is 0 Å². The molecule has 0 aliphatic carbocycles. The Hall–Kier alpha value is -2.30. The van der Waals surface area contributed by atoms with Crippen molar-refractivity contribution in [1.29, 1.82) is 0 Å². The Balaban J connectivity index is 1.96. The summed E-state index contributed by atoms with van der Waals surface area (Å²) in [7, 11) is 0. The zero-order valence-electron chi connectivity index (χ0n) is 12.3. The number of rotatable bonds is 7. The molecule has 0 bridgehead atoms. The lowest BCUT2D eigenvalue weighted by molar-refractivity contribution is 0.667. The number of hydrogen-bond acceptors (Lipinski definition) is 3. The van der Waals surface area contributed by atoms with Crippen LogP contribution in [0.15, 0.2) is 46.1 Å². The summed E-state index contributed by atoms with van der Waals surface area (Å²) in [6, 6.07) is 9.30. The molecule has 2 aromatic rings. The van der Waals surface area contributed by atoms with Crippen molar-refractivity contribution < 1.29 is 0 Å². The standard InChI is InChI=1S/C16H21N3O2/c1-2-3-4-5-6-13-7-9-14(10-8-13)18-19-12-11-15(20)17-16(19)21/h7-12,18H,2-6H2,1H3,(H,17,20,21). The van der Waals surface area contributed by atoms with Gasteiger partial charge >= 0.3 is 5.69 Å². The van der Waals surface area contributed by atoms with Crippen molar-refractivity contribution in [2.45, 2.75) is 39.0 Å². The minimum Gasteiger partial charge on any atom is -0.290 e. The molecule has 0 aliphatic heterocycles. The van der Waals surface area contributed by atoms with Gasteiger partial charge in [0.05, 0.1) is 5.69 Å². The van der Waals surface area contributed by atoms with Gasteiger partial charge < -0.3 is 0 Å². The van der Waals surface area contributed by atoms with E-state index in [1.807, 2.05) is 12.1 Å². The highest BCUT2D eigenvalue weighted by Gasteiger charge is 1.98. The second kappa shape index (κ2) is 7.47. The summed E-state index contributed by atoms with van der Waals surface area (Å²) in [5.41, 5.74) is 4.16. The molecule has 0 atom stereocenters. The third-order valence-corrected chi connectivity index (χ3v) is 3.35. The van der Waals surface area contributed by atoms with Gasteiger partial charge in [0.15, 0.2) is 0 Å². The average Bonchev–Trinajstić information content (AvgIpc) is 2.48. The fourth-order valence-corrected chi connectivity index (χ4v) is 2.15. The summed E-state index contributed by atoms with van der Waals surface area (Å²) >= 11 is 0.